The predicted molar refractivity (Wildman–Crippen MR) is 93.8 cm³/mol. The summed E-state index contributed by atoms with van der Waals surface area (Å²) in [5.41, 5.74) is 4.04. The highest BCUT2D eigenvalue weighted by atomic mass is 16.3. The number of oxazole rings is 1. The molecule has 2 aromatic carbocycles. The molecule has 0 saturated carbocycles. The molecule has 0 fully saturated rings. The van der Waals surface area contributed by atoms with Crippen molar-refractivity contribution in [2.45, 2.75) is 20.0 Å². The van der Waals surface area contributed by atoms with Crippen LogP contribution in [0.5, 0.6) is 0 Å². The third kappa shape index (κ3) is 3.04. The SMILES string of the molecule is Cc1ccc(N(Cc2ccco2)Cc2nc3ccccc3o2)cc1. The number of rotatable bonds is 5. The van der Waals surface area contributed by atoms with Gasteiger partial charge in [0.05, 0.1) is 19.4 Å². The lowest BCUT2D eigenvalue weighted by Gasteiger charge is -2.22. The number of aryl methyl sites for hydroxylation is 1. The van der Waals surface area contributed by atoms with Gasteiger partial charge in [0.25, 0.3) is 0 Å². The van der Waals surface area contributed by atoms with E-state index >= 15 is 0 Å². The van der Waals surface area contributed by atoms with Crippen molar-refractivity contribution in [2.24, 2.45) is 0 Å². The van der Waals surface area contributed by atoms with Gasteiger partial charge in [-0.15, -0.1) is 0 Å². The number of furan rings is 1. The van der Waals surface area contributed by atoms with E-state index in [2.05, 4.69) is 41.1 Å². The highest BCUT2D eigenvalue weighted by molar-refractivity contribution is 5.72. The van der Waals surface area contributed by atoms with Crippen molar-refractivity contribution in [3.63, 3.8) is 0 Å². The standard InChI is InChI=1S/C20H18N2O2/c1-15-8-10-16(11-9-15)22(13-17-5-4-12-23-17)14-20-21-18-6-2-3-7-19(18)24-20/h2-12H,13-14H2,1H3. The van der Waals surface area contributed by atoms with Crippen LogP contribution in [0.3, 0.4) is 0 Å². The number of aromatic nitrogens is 1. The highest BCUT2D eigenvalue weighted by Gasteiger charge is 2.14. The van der Waals surface area contributed by atoms with Crippen molar-refractivity contribution in [3.8, 4) is 0 Å². The summed E-state index contributed by atoms with van der Waals surface area (Å²) in [5.74, 6) is 1.61. The fourth-order valence-corrected chi connectivity index (χ4v) is 2.74. The van der Waals surface area contributed by atoms with E-state index in [0.29, 0.717) is 19.0 Å². The van der Waals surface area contributed by atoms with Crippen LogP contribution in [0.4, 0.5) is 5.69 Å². The Bertz CT molecular complexity index is 891. The number of fused-ring (bicyclic) bond motifs is 1. The van der Waals surface area contributed by atoms with Gasteiger partial charge < -0.3 is 13.7 Å². The smallest absolute Gasteiger partial charge is 0.215 e. The topological polar surface area (TPSA) is 42.4 Å². The van der Waals surface area contributed by atoms with Gasteiger partial charge in [0.1, 0.15) is 11.3 Å². The Labute approximate surface area is 140 Å². The van der Waals surface area contributed by atoms with E-state index in [9.17, 15) is 0 Å². The van der Waals surface area contributed by atoms with Crippen molar-refractivity contribution in [3.05, 3.63) is 84.1 Å². The first-order valence-corrected chi connectivity index (χ1v) is 7.96. The highest BCUT2D eigenvalue weighted by Crippen LogP contribution is 2.23. The Kier molecular flexibility index (Phi) is 3.79. The Morgan fingerprint density at radius 3 is 2.50 bits per heavy atom. The van der Waals surface area contributed by atoms with Crippen LogP contribution in [-0.2, 0) is 13.1 Å². The normalized spacial score (nSPS) is 11.0. The van der Waals surface area contributed by atoms with Gasteiger partial charge in [-0.05, 0) is 43.3 Å². The van der Waals surface area contributed by atoms with Gasteiger partial charge in [-0.25, -0.2) is 4.98 Å². The molecule has 24 heavy (non-hydrogen) atoms. The minimum absolute atomic E-state index is 0.582. The molecule has 0 aliphatic carbocycles. The fourth-order valence-electron chi connectivity index (χ4n) is 2.74. The second-order valence-corrected chi connectivity index (χ2v) is 5.85. The number of nitrogens with zero attached hydrogens (tertiary/aromatic N) is 2. The van der Waals surface area contributed by atoms with Gasteiger partial charge in [-0.2, -0.15) is 0 Å². The maximum atomic E-state index is 5.88. The van der Waals surface area contributed by atoms with Crippen LogP contribution in [0.1, 0.15) is 17.2 Å². The molecule has 0 bridgehead atoms. The van der Waals surface area contributed by atoms with Crippen LogP contribution in [0, 0.1) is 6.92 Å². The van der Waals surface area contributed by atoms with E-state index in [1.807, 2.05) is 36.4 Å². The average Bonchev–Trinajstić information content (AvgIpc) is 3.24. The van der Waals surface area contributed by atoms with Crippen molar-refractivity contribution in [1.82, 2.24) is 4.98 Å². The molecular weight excluding hydrogens is 300 g/mol. The number of benzene rings is 2. The third-order valence-corrected chi connectivity index (χ3v) is 3.99. The van der Waals surface area contributed by atoms with E-state index in [-0.39, 0.29) is 0 Å². The molecule has 0 aliphatic heterocycles. The maximum absolute atomic E-state index is 5.88. The summed E-state index contributed by atoms with van der Waals surface area (Å²) < 4.78 is 11.4. The molecule has 120 valence electrons. The zero-order chi connectivity index (χ0) is 16.4. The first-order valence-electron chi connectivity index (χ1n) is 7.96. The predicted octanol–water partition coefficient (Wildman–Crippen LogP) is 4.94. The van der Waals surface area contributed by atoms with Gasteiger partial charge in [0.15, 0.2) is 5.58 Å². The molecule has 0 saturated heterocycles. The van der Waals surface area contributed by atoms with Gasteiger partial charge in [0.2, 0.25) is 5.89 Å². The van der Waals surface area contributed by atoms with Gasteiger partial charge >= 0.3 is 0 Å². The zero-order valence-corrected chi connectivity index (χ0v) is 13.5. The largest absolute Gasteiger partial charge is 0.467 e. The van der Waals surface area contributed by atoms with Crippen LogP contribution in [-0.4, -0.2) is 4.98 Å². The summed E-state index contributed by atoms with van der Waals surface area (Å²) in [7, 11) is 0. The summed E-state index contributed by atoms with van der Waals surface area (Å²) in [6.45, 7) is 3.33. The van der Waals surface area contributed by atoms with Crippen LogP contribution in [0.2, 0.25) is 0 Å². The molecule has 0 aliphatic rings. The lowest BCUT2D eigenvalue weighted by molar-refractivity contribution is 0.482. The molecule has 0 atom stereocenters. The summed E-state index contributed by atoms with van der Waals surface area (Å²) in [4.78, 5) is 6.78. The van der Waals surface area contributed by atoms with Gasteiger partial charge in [-0.3, -0.25) is 0 Å². The molecule has 4 heteroatoms. The van der Waals surface area contributed by atoms with E-state index in [1.54, 1.807) is 6.26 Å². The second-order valence-electron chi connectivity index (χ2n) is 5.85. The first kappa shape index (κ1) is 14.6. The molecule has 0 radical (unpaired) electrons. The van der Waals surface area contributed by atoms with Crippen molar-refractivity contribution in [2.75, 3.05) is 4.90 Å². The van der Waals surface area contributed by atoms with Crippen molar-refractivity contribution < 1.29 is 8.83 Å². The van der Waals surface area contributed by atoms with E-state index in [4.69, 9.17) is 8.83 Å². The summed E-state index contributed by atoms with van der Waals surface area (Å²) in [6.07, 6.45) is 1.70. The first-order chi connectivity index (χ1) is 11.8. The van der Waals surface area contributed by atoms with Crippen LogP contribution >= 0.6 is 0 Å². The Balaban J connectivity index is 1.64. The molecule has 2 heterocycles. The lowest BCUT2D eigenvalue weighted by Crippen LogP contribution is -2.22. The van der Waals surface area contributed by atoms with Gasteiger partial charge in [0, 0.05) is 5.69 Å². The molecule has 4 aromatic rings. The quantitative estimate of drug-likeness (QED) is 0.523. The lowest BCUT2D eigenvalue weighted by atomic mass is 10.2. The molecule has 4 rings (SSSR count). The number of anilines is 1. The summed E-state index contributed by atoms with van der Waals surface area (Å²) >= 11 is 0. The summed E-state index contributed by atoms with van der Waals surface area (Å²) in [6, 6.07) is 20.1. The molecule has 0 amide bonds. The Hall–Kier alpha value is -3.01. The minimum Gasteiger partial charge on any atom is -0.467 e. The molecule has 0 spiro atoms. The van der Waals surface area contributed by atoms with Crippen LogP contribution < -0.4 is 4.90 Å². The van der Waals surface area contributed by atoms with E-state index in [1.165, 1.54) is 5.56 Å². The van der Waals surface area contributed by atoms with E-state index in [0.717, 1.165) is 22.5 Å². The Morgan fingerprint density at radius 2 is 1.75 bits per heavy atom. The van der Waals surface area contributed by atoms with Gasteiger partial charge in [-0.1, -0.05) is 29.8 Å². The Morgan fingerprint density at radius 1 is 0.917 bits per heavy atom. The van der Waals surface area contributed by atoms with Crippen LogP contribution in [0.15, 0.2) is 75.8 Å². The zero-order valence-electron chi connectivity index (χ0n) is 13.5. The minimum atomic E-state index is 0.582. The monoisotopic (exact) mass is 318 g/mol. The molecule has 4 nitrogen and oxygen atoms in total. The summed E-state index contributed by atoms with van der Waals surface area (Å²) in [5, 5.41) is 0. The number of hydrogen-bond donors (Lipinski definition) is 0. The van der Waals surface area contributed by atoms with Crippen LogP contribution in [0.25, 0.3) is 11.1 Å². The molecular formula is C20H18N2O2. The van der Waals surface area contributed by atoms with Crippen molar-refractivity contribution in [1.29, 1.82) is 0 Å². The number of para-hydroxylation sites is 2. The molecule has 0 unspecified atom stereocenters. The van der Waals surface area contributed by atoms with E-state index < -0.39 is 0 Å². The maximum Gasteiger partial charge on any atom is 0.215 e. The van der Waals surface area contributed by atoms with Crippen molar-refractivity contribution >= 4 is 16.8 Å². The second kappa shape index (κ2) is 6.24. The average molecular weight is 318 g/mol. The molecule has 2 aromatic heterocycles. The molecule has 0 N–H and O–H groups in total. The number of hydrogen-bond acceptors (Lipinski definition) is 4. The third-order valence-electron chi connectivity index (χ3n) is 3.99. The fraction of sp³-hybridized carbons (Fsp3) is 0.150.